The molecule has 10 heteroatoms. The van der Waals surface area contributed by atoms with Gasteiger partial charge in [0.2, 0.25) is 5.96 Å². The molecule has 0 N–H and O–H groups in total. The van der Waals surface area contributed by atoms with Gasteiger partial charge in [0.25, 0.3) is 0 Å². The lowest BCUT2D eigenvalue weighted by molar-refractivity contribution is -0.201. The molecule has 3 rings (SSSR count). The second kappa shape index (κ2) is 6.74. The van der Waals surface area contributed by atoms with Gasteiger partial charge in [-0.15, -0.1) is 0 Å². The molecule has 0 amide bonds. The van der Waals surface area contributed by atoms with Crippen molar-refractivity contribution in [3.8, 4) is 0 Å². The number of alkyl halides is 3. The first-order valence-corrected chi connectivity index (χ1v) is 9.19. The molecule has 2 heterocycles. The number of rotatable bonds is 3. The SMILES string of the molecule is CCN(CC)C1=NC(C(=O)OC)(C(F)(F)F)N=C2Sc3cccc(C)c3N21. The van der Waals surface area contributed by atoms with Crippen molar-refractivity contribution in [1.29, 1.82) is 0 Å². The first-order chi connectivity index (χ1) is 12.7. The summed E-state index contributed by atoms with van der Waals surface area (Å²) in [6, 6.07) is 5.50. The van der Waals surface area contributed by atoms with Crippen molar-refractivity contribution in [2.75, 3.05) is 25.1 Å². The number of aliphatic imine (C=N–C) groups is 2. The van der Waals surface area contributed by atoms with Crippen molar-refractivity contribution in [1.82, 2.24) is 4.90 Å². The number of hydrogen-bond acceptors (Lipinski definition) is 7. The van der Waals surface area contributed by atoms with Crippen LogP contribution in [0, 0.1) is 6.92 Å². The highest BCUT2D eigenvalue weighted by molar-refractivity contribution is 8.15. The molecule has 0 aliphatic carbocycles. The summed E-state index contributed by atoms with van der Waals surface area (Å²) in [5.74, 6) is -1.52. The molecule has 0 saturated carbocycles. The fourth-order valence-electron chi connectivity index (χ4n) is 3.05. The number of para-hydroxylation sites is 1. The van der Waals surface area contributed by atoms with Crippen LogP contribution >= 0.6 is 11.8 Å². The van der Waals surface area contributed by atoms with Crippen molar-refractivity contribution < 1.29 is 22.7 Å². The van der Waals surface area contributed by atoms with E-state index in [1.165, 1.54) is 0 Å². The van der Waals surface area contributed by atoms with Crippen LogP contribution in [0.1, 0.15) is 19.4 Å². The van der Waals surface area contributed by atoms with Gasteiger partial charge >= 0.3 is 17.8 Å². The third kappa shape index (κ3) is 2.86. The maximum Gasteiger partial charge on any atom is 0.446 e. The number of amidine groups is 1. The predicted molar refractivity (Wildman–Crippen MR) is 98.1 cm³/mol. The van der Waals surface area contributed by atoms with Crippen LogP contribution < -0.4 is 4.90 Å². The summed E-state index contributed by atoms with van der Waals surface area (Å²) < 4.78 is 46.4. The molecule has 0 saturated heterocycles. The Morgan fingerprint density at radius 2 is 1.96 bits per heavy atom. The lowest BCUT2D eigenvalue weighted by Gasteiger charge is -2.38. The zero-order valence-electron chi connectivity index (χ0n) is 15.3. The zero-order valence-corrected chi connectivity index (χ0v) is 16.1. The summed E-state index contributed by atoms with van der Waals surface area (Å²) >= 11 is 1.08. The van der Waals surface area contributed by atoms with E-state index in [4.69, 9.17) is 0 Å². The van der Waals surface area contributed by atoms with Crippen LogP contribution in [0.3, 0.4) is 0 Å². The molecule has 2 aliphatic heterocycles. The molecular weight excluding hydrogens is 381 g/mol. The maximum absolute atomic E-state index is 14.0. The van der Waals surface area contributed by atoms with Crippen LogP contribution in [0.2, 0.25) is 0 Å². The summed E-state index contributed by atoms with van der Waals surface area (Å²) in [6.45, 7) is 6.33. The van der Waals surface area contributed by atoms with Crippen LogP contribution in [-0.2, 0) is 9.53 Å². The molecule has 1 atom stereocenters. The number of aryl methyl sites for hydroxylation is 1. The van der Waals surface area contributed by atoms with Gasteiger partial charge < -0.3 is 9.64 Å². The Bertz CT molecular complexity index is 836. The molecule has 0 aromatic heterocycles. The number of ether oxygens (including phenoxy) is 1. The zero-order chi connectivity index (χ0) is 20.0. The highest BCUT2D eigenvalue weighted by atomic mass is 32.2. The molecule has 1 aromatic carbocycles. The highest BCUT2D eigenvalue weighted by Crippen LogP contribution is 2.48. The van der Waals surface area contributed by atoms with Crippen LogP contribution in [0.5, 0.6) is 0 Å². The van der Waals surface area contributed by atoms with E-state index in [0.29, 0.717) is 13.1 Å². The summed E-state index contributed by atoms with van der Waals surface area (Å²) in [7, 11) is 0.898. The molecule has 1 aromatic rings. The number of guanidine groups is 1. The number of esters is 1. The van der Waals surface area contributed by atoms with Crippen molar-refractivity contribution in [2.24, 2.45) is 9.98 Å². The van der Waals surface area contributed by atoms with Crippen LogP contribution in [0.15, 0.2) is 33.1 Å². The minimum atomic E-state index is -5.04. The minimum absolute atomic E-state index is 0.0354. The number of methoxy groups -OCH3 is 1. The van der Waals surface area contributed by atoms with E-state index < -0.39 is 17.8 Å². The fraction of sp³-hybridized carbons (Fsp3) is 0.471. The lowest BCUT2D eigenvalue weighted by Crippen LogP contribution is -2.58. The standard InChI is InChI=1S/C17H19F3N4O2S/c1-5-23(6-2)14-21-16(13(25)26-4,17(18,19)20)22-15-24(14)12-10(3)8-7-9-11(12)27-15/h7-9H,5-6H2,1-4H3. The summed E-state index contributed by atoms with van der Waals surface area (Å²) in [5, 5.41) is 0.0546. The van der Waals surface area contributed by atoms with Crippen molar-refractivity contribution in [2.45, 2.75) is 37.5 Å². The number of benzene rings is 1. The molecule has 1 unspecified atom stereocenters. The average molecular weight is 400 g/mol. The Kier molecular flexibility index (Phi) is 4.87. The van der Waals surface area contributed by atoms with Crippen molar-refractivity contribution in [3.05, 3.63) is 23.8 Å². The summed E-state index contributed by atoms with van der Waals surface area (Å²) in [4.78, 5) is 23.8. The summed E-state index contributed by atoms with van der Waals surface area (Å²) in [6.07, 6.45) is -5.04. The molecule has 27 heavy (non-hydrogen) atoms. The Hall–Kier alpha value is -2.23. The highest BCUT2D eigenvalue weighted by Gasteiger charge is 2.66. The third-order valence-electron chi connectivity index (χ3n) is 4.45. The monoisotopic (exact) mass is 400 g/mol. The molecule has 6 nitrogen and oxygen atoms in total. The second-order valence-electron chi connectivity index (χ2n) is 6.00. The second-order valence-corrected chi connectivity index (χ2v) is 7.01. The van der Waals surface area contributed by atoms with Crippen molar-refractivity contribution in [3.63, 3.8) is 0 Å². The number of fused-ring (bicyclic) bond motifs is 3. The first kappa shape index (κ1) is 19.5. The van der Waals surface area contributed by atoms with Gasteiger partial charge in [-0.3, -0.25) is 4.90 Å². The van der Waals surface area contributed by atoms with Gasteiger partial charge in [-0.1, -0.05) is 12.1 Å². The van der Waals surface area contributed by atoms with Gasteiger partial charge in [0.15, 0.2) is 5.17 Å². The van der Waals surface area contributed by atoms with Crippen LogP contribution in [-0.4, -0.2) is 54.0 Å². The van der Waals surface area contributed by atoms with Gasteiger partial charge in [-0.25, -0.2) is 14.8 Å². The normalized spacial score (nSPS) is 21.2. The number of nitrogens with zero attached hydrogens (tertiary/aromatic N) is 4. The fourth-order valence-corrected chi connectivity index (χ4v) is 4.19. The number of thioether (sulfide) groups is 1. The topological polar surface area (TPSA) is 57.5 Å². The molecule has 0 radical (unpaired) electrons. The minimum Gasteiger partial charge on any atom is -0.465 e. The number of halogens is 3. The lowest BCUT2D eigenvalue weighted by atomic mass is 10.1. The van der Waals surface area contributed by atoms with Crippen LogP contribution in [0.4, 0.5) is 18.9 Å². The van der Waals surface area contributed by atoms with E-state index in [2.05, 4.69) is 14.7 Å². The molecule has 146 valence electrons. The Balaban J connectivity index is 2.29. The van der Waals surface area contributed by atoms with E-state index in [9.17, 15) is 18.0 Å². The Labute approximate surface area is 159 Å². The number of carbonyl (C=O) groups excluding carboxylic acids is 1. The average Bonchev–Trinajstić information content (AvgIpc) is 3.00. The van der Waals surface area contributed by atoms with Gasteiger partial charge in [-0.05, 0) is 44.2 Å². The van der Waals surface area contributed by atoms with E-state index in [1.54, 1.807) is 15.9 Å². The van der Waals surface area contributed by atoms with Gasteiger partial charge in [0.1, 0.15) is 0 Å². The van der Waals surface area contributed by atoms with Gasteiger partial charge in [-0.2, -0.15) is 13.2 Å². The first-order valence-electron chi connectivity index (χ1n) is 8.37. The Morgan fingerprint density at radius 1 is 1.30 bits per heavy atom. The third-order valence-corrected chi connectivity index (χ3v) is 5.45. The van der Waals surface area contributed by atoms with Gasteiger partial charge in [0.05, 0.1) is 12.8 Å². The largest absolute Gasteiger partial charge is 0.465 e. The predicted octanol–water partition coefficient (Wildman–Crippen LogP) is 3.41. The number of carbonyl (C=O) groups is 1. The molecule has 2 aliphatic rings. The molecule has 0 bridgehead atoms. The van der Waals surface area contributed by atoms with E-state index >= 15 is 0 Å². The molecular formula is C17H19F3N4O2S. The van der Waals surface area contributed by atoms with Crippen molar-refractivity contribution >= 4 is 34.5 Å². The number of anilines is 1. The van der Waals surface area contributed by atoms with E-state index in [-0.39, 0.29) is 11.1 Å². The molecule has 0 spiro atoms. The van der Waals surface area contributed by atoms with E-state index in [1.807, 2.05) is 32.9 Å². The van der Waals surface area contributed by atoms with Gasteiger partial charge in [0, 0.05) is 18.0 Å². The maximum atomic E-state index is 14.0. The quantitative estimate of drug-likeness (QED) is 0.728. The number of hydrogen-bond donors (Lipinski definition) is 0. The Morgan fingerprint density at radius 3 is 2.52 bits per heavy atom. The molecule has 0 fully saturated rings. The summed E-state index contributed by atoms with van der Waals surface area (Å²) in [5.41, 5.74) is -1.70. The van der Waals surface area contributed by atoms with E-state index in [0.717, 1.165) is 35.0 Å². The smallest absolute Gasteiger partial charge is 0.446 e. The van der Waals surface area contributed by atoms with Crippen LogP contribution in [0.25, 0.3) is 0 Å².